The third-order valence-electron chi connectivity index (χ3n) is 5.02. The molecule has 1 atom stereocenters. The average molecular weight is 407 g/mol. The molecule has 28 heavy (non-hydrogen) atoms. The van der Waals surface area contributed by atoms with Crippen LogP contribution in [0, 0.1) is 5.82 Å². The molecule has 1 fully saturated rings. The summed E-state index contributed by atoms with van der Waals surface area (Å²) in [5, 5.41) is 1.97. The van der Waals surface area contributed by atoms with E-state index in [0.29, 0.717) is 19.6 Å². The number of carbonyl (C=O) groups is 1. The lowest BCUT2D eigenvalue weighted by molar-refractivity contribution is -0.683. The van der Waals surface area contributed by atoms with E-state index in [1.807, 2.05) is 42.6 Å². The van der Waals surface area contributed by atoms with Crippen LogP contribution in [0.3, 0.4) is 0 Å². The standard InChI is InChI=1S/C20H24FN3O3S/c1-16(17-7-3-2-4-8-17)22-15-20(25)23-11-13-24(14-12-23)28(26,27)19-10-6-5-9-18(19)21/h2-10,16,22H,11-15H2,1H3/p+1/t16-/m0/s1. The Hall–Kier alpha value is -2.29. The zero-order chi connectivity index (χ0) is 20.1. The van der Waals surface area contributed by atoms with Crippen LogP contribution in [0.4, 0.5) is 4.39 Å². The van der Waals surface area contributed by atoms with Crippen molar-refractivity contribution in [3.8, 4) is 0 Å². The summed E-state index contributed by atoms with van der Waals surface area (Å²) in [6, 6.07) is 15.5. The van der Waals surface area contributed by atoms with E-state index in [1.165, 1.54) is 22.5 Å². The molecule has 1 heterocycles. The van der Waals surface area contributed by atoms with Gasteiger partial charge in [0.15, 0.2) is 6.54 Å². The number of halogens is 1. The SMILES string of the molecule is C[C@H]([NH2+]CC(=O)N1CCN(S(=O)(=O)c2ccccc2F)CC1)c1ccccc1. The van der Waals surface area contributed by atoms with Crippen molar-refractivity contribution < 1.29 is 22.9 Å². The summed E-state index contributed by atoms with van der Waals surface area (Å²) >= 11 is 0. The zero-order valence-corrected chi connectivity index (χ0v) is 16.6. The second-order valence-corrected chi connectivity index (χ2v) is 8.76. The summed E-state index contributed by atoms with van der Waals surface area (Å²) in [5.74, 6) is -0.781. The van der Waals surface area contributed by atoms with Crippen LogP contribution >= 0.6 is 0 Å². The van der Waals surface area contributed by atoms with Gasteiger partial charge in [0.2, 0.25) is 10.0 Å². The molecule has 0 aliphatic carbocycles. The smallest absolute Gasteiger partial charge is 0.277 e. The van der Waals surface area contributed by atoms with E-state index in [2.05, 4.69) is 0 Å². The fraction of sp³-hybridized carbons (Fsp3) is 0.350. The molecule has 150 valence electrons. The molecule has 2 N–H and O–H groups in total. The number of nitrogens with zero attached hydrogens (tertiary/aromatic N) is 2. The normalized spacial score (nSPS) is 16.7. The fourth-order valence-electron chi connectivity index (χ4n) is 3.27. The number of nitrogens with two attached hydrogens (primary N) is 1. The molecule has 0 saturated carbocycles. The minimum absolute atomic E-state index is 0.0225. The lowest BCUT2D eigenvalue weighted by Crippen LogP contribution is -2.87. The molecule has 2 aromatic carbocycles. The van der Waals surface area contributed by atoms with Crippen molar-refractivity contribution in [2.75, 3.05) is 32.7 Å². The minimum atomic E-state index is -3.89. The van der Waals surface area contributed by atoms with Gasteiger partial charge in [0.05, 0.1) is 0 Å². The molecule has 0 radical (unpaired) electrons. The molecule has 0 spiro atoms. The van der Waals surface area contributed by atoms with Crippen LogP contribution in [0.25, 0.3) is 0 Å². The van der Waals surface area contributed by atoms with Crippen molar-refractivity contribution in [1.29, 1.82) is 0 Å². The second kappa shape index (κ2) is 8.81. The van der Waals surface area contributed by atoms with Crippen molar-refractivity contribution in [2.45, 2.75) is 17.9 Å². The predicted molar refractivity (Wildman–Crippen MR) is 103 cm³/mol. The monoisotopic (exact) mass is 406 g/mol. The number of hydrogen-bond donors (Lipinski definition) is 1. The van der Waals surface area contributed by atoms with Crippen LogP contribution in [0.15, 0.2) is 59.5 Å². The number of hydrogen-bond acceptors (Lipinski definition) is 3. The van der Waals surface area contributed by atoms with Crippen LogP contribution in [-0.4, -0.2) is 56.3 Å². The highest BCUT2D eigenvalue weighted by Crippen LogP contribution is 2.20. The number of rotatable bonds is 6. The summed E-state index contributed by atoms with van der Waals surface area (Å²) in [6.45, 7) is 3.28. The molecule has 1 saturated heterocycles. The van der Waals surface area contributed by atoms with Crippen molar-refractivity contribution in [1.82, 2.24) is 9.21 Å². The first kappa shape index (κ1) is 20.4. The van der Waals surface area contributed by atoms with Gasteiger partial charge in [-0.15, -0.1) is 0 Å². The highest BCUT2D eigenvalue weighted by atomic mass is 32.2. The Morgan fingerprint density at radius 1 is 1.04 bits per heavy atom. The molecule has 0 bridgehead atoms. The van der Waals surface area contributed by atoms with Crippen molar-refractivity contribution in [3.05, 3.63) is 66.0 Å². The first-order valence-corrected chi connectivity index (χ1v) is 10.7. The molecule has 1 amide bonds. The quantitative estimate of drug-likeness (QED) is 0.777. The van der Waals surface area contributed by atoms with Gasteiger partial charge in [-0.25, -0.2) is 12.8 Å². The molecule has 3 rings (SSSR count). The lowest BCUT2D eigenvalue weighted by Gasteiger charge is -2.33. The Labute approximate surface area is 165 Å². The highest BCUT2D eigenvalue weighted by molar-refractivity contribution is 7.89. The van der Waals surface area contributed by atoms with E-state index in [4.69, 9.17) is 0 Å². The van der Waals surface area contributed by atoms with Gasteiger partial charge in [-0.1, -0.05) is 42.5 Å². The zero-order valence-electron chi connectivity index (χ0n) is 15.8. The number of sulfonamides is 1. The summed E-state index contributed by atoms with van der Waals surface area (Å²) in [4.78, 5) is 13.8. The summed E-state index contributed by atoms with van der Waals surface area (Å²) in [7, 11) is -3.89. The molecular weight excluding hydrogens is 381 g/mol. The Morgan fingerprint density at radius 3 is 2.29 bits per heavy atom. The molecule has 8 heteroatoms. The fourth-order valence-corrected chi connectivity index (χ4v) is 4.76. The minimum Gasteiger partial charge on any atom is -0.335 e. The third-order valence-corrected chi connectivity index (χ3v) is 6.95. The van der Waals surface area contributed by atoms with Gasteiger partial charge in [0.25, 0.3) is 5.91 Å². The summed E-state index contributed by atoms with van der Waals surface area (Å²) in [5.41, 5.74) is 1.15. The van der Waals surface area contributed by atoms with Crippen LogP contribution in [0.2, 0.25) is 0 Å². The number of amides is 1. The van der Waals surface area contributed by atoms with Gasteiger partial charge in [0.1, 0.15) is 16.8 Å². The molecular formula is C20H25FN3O3S+. The Balaban J connectivity index is 1.53. The van der Waals surface area contributed by atoms with Crippen LogP contribution in [0.5, 0.6) is 0 Å². The van der Waals surface area contributed by atoms with Gasteiger partial charge in [-0.05, 0) is 19.1 Å². The molecule has 6 nitrogen and oxygen atoms in total. The maximum Gasteiger partial charge on any atom is 0.277 e. The van der Waals surface area contributed by atoms with Crippen LogP contribution in [0.1, 0.15) is 18.5 Å². The molecule has 0 aromatic heterocycles. The van der Waals surface area contributed by atoms with E-state index in [1.54, 1.807) is 4.90 Å². The second-order valence-electron chi connectivity index (χ2n) is 6.85. The molecule has 1 aliphatic rings. The Kier molecular flexibility index (Phi) is 6.43. The van der Waals surface area contributed by atoms with E-state index in [-0.39, 0.29) is 29.9 Å². The maximum absolute atomic E-state index is 13.9. The van der Waals surface area contributed by atoms with E-state index in [9.17, 15) is 17.6 Å². The predicted octanol–water partition coefficient (Wildman–Crippen LogP) is 0.983. The van der Waals surface area contributed by atoms with Crippen molar-refractivity contribution >= 4 is 15.9 Å². The van der Waals surface area contributed by atoms with Crippen molar-refractivity contribution in [3.63, 3.8) is 0 Å². The first-order valence-electron chi connectivity index (χ1n) is 9.30. The average Bonchev–Trinajstić information content (AvgIpc) is 2.72. The largest absolute Gasteiger partial charge is 0.335 e. The number of carbonyl (C=O) groups excluding carboxylic acids is 1. The van der Waals surface area contributed by atoms with Crippen molar-refractivity contribution in [2.24, 2.45) is 0 Å². The molecule has 1 aliphatic heterocycles. The van der Waals surface area contributed by atoms with Crippen LogP contribution < -0.4 is 5.32 Å². The van der Waals surface area contributed by atoms with E-state index in [0.717, 1.165) is 11.6 Å². The third kappa shape index (κ3) is 4.57. The number of piperazine rings is 1. The first-order chi connectivity index (χ1) is 13.4. The Morgan fingerprint density at radius 2 is 1.64 bits per heavy atom. The van der Waals surface area contributed by atoms with Gasteiger partial charge < -0.3 is 10.2 Å². The van der Waals surface area contributed by atoms with Gasteiger partial charge in [0, 0.05) is 31.7 Å². The van der Waals surface area contributed by atoms with Gasteiger partial charge in [-0.3, -0.25) is 4.79 Å². The number of benzene rings is 2. The lowest BCUT2D eigenvalue weighted by atomic mass is 10.1. The molecule has 0 unspecified atom stereocenters. The van der Waals surface area contributed by atoms with Gasteiger partial charge >= 0.3 is 0 Å². The summed E-state index contributed by atoms with van der Waals surface area (Å²) < 4.78 is 40.4. The molecule has 2 aromatic rings. The Bertz CT molecular complexity index is 913. The maximum atomic E-state index is 13.9. The van der Waals surface area contributed by atoms with E-state index < -0.39 is 15.8 Å². The number of quaternary nitrogens is 1. The van der Waals surface area contributed by atoms with Crippen LogP contribution in [-0.2, 0) is 14.8 Å². The highest BCUT2D eigenvalue weighted by Gasteiger charge is 2.32. The van der Waals surface area contributed by atoms with Gasteiger partial charge in [-0.2, -0.15) is 4.31 Å². The summed E-state index contributed by atoms with van der Waals surface area (Å²) in [6.07, 6.45) is 0. The topological polar surface area (TPSA) is 74.3 Å². The van der Waals surface area contributed by atoms with E-state index >= 15 is 0 Å².